The summed E-state index contributed by atoms with van der Waals surface area (Å²) in [7, 11) is 0. The third-order valence-corrected chi connectivity index (χ3v) is 2.66. The molecule has 3 nitrogen and oxygen atoms in total. The molecule has 2 rings (SSSR count). The predicted molar refractivity (Wildman–Crippen MR) is 74.6 cm³/mol. The second-order valence-corrected chi connectivity index (χ2v) is 4.23. The van der Waals surface area contributed by atoms with Gasteiger partial charge in [0, 0.05) is 11.4 Å². The zero-order valence-corrected chi connectivity index (χ0v) is 10.6. The molecule has 0 saturated carbocycles. The molecule has 0 aliphatic carbocycles. The lowest BCUT2D eigenvalue weighted by molar-refractivity contribution is -0.116. The molecule has 0 aliphatic heterocycles. The fourth-order valence-corrected chi connectivity index (χ4v) is 1.63. The topological polar surface area (TPSA) is 41.1 Å². The van der Waals surface area contributed by atoms with Gasteiger partial charge in [-0.15, -0.1) is 0 Å². The van der Waals surface area contributed by atoms with E-state index in [2.05, 4.69) is 10.6 Å². The van der Waals surface area contributed by atoms with Gasteiger partial charge in [0.2, 0.25) is 5.91 Å². The smallest absolute Gasteiger partial charge is 0.246 e. The van der Waals surface area contributed by atoms with E-state index in [0.717, 1.165) is 5.69 Å². The minimum atomic E-state index is -0.411. The van der Waals surface area contributed by atoms with Gasteiger partial charge in [-0.25, -0.2) is 4.39 Å². The van der Waals surface area contributed by atoms with Crippen molar-refractivity contribution in [3.05, 3.63) is 60.4 Å². The minimum Gasteiger partial charge on any atom is -0.374 e. The molecule has 0 heterocycles. The highest BCUT2D eigenvalue weighted by Gasteiger charge is 2.12. The first-order valence-electron chi connectivity index (χ1n) is 6.03. The van der Waals surface area contributed by atoms with Crippen LogP contribution in [0, 0.1) is 5.82 Å². The maximum Gasteiger partial charge on any atom is 0.246 e. The number of carbonyl (C=O) groups excluding carboxylic acids is 1. The summed E-state index contributed by atoms with van der Waals surface area (Å²) in [5.74, 6) is -0.442. The Bertz CT molecular complexity index is 540. The van der Waals surface area contributed by atoms with Gasteiger partial charge >= 0.3 is 0 Å². The Morgan fingerprint density at radius 3 is 2.26 bits per heavy atom. The van der Waals surface area contributed by atoms with E-state index in [4.69, 9.17) is 0 Å². The van der Waals surface area contributed by atoms with Gasteiger partial charge in [0.25, 0.3) is 0 Å². The van der Waals surface area contributed by atoms with Gasteiger partial charge in [0.1, 0.15) is 11.9 Å². The van der Waals surface area contributed by atoms with Crippen molar-refractivity contribution in [1.82, 2.24) is 0 Å². The van der Waals surface area contributed by atoms with Crippen LogP contribution in [0.4, 0.5) is 15.8 Å². The molecule has 0 bridgehead atoms. The first-order chi connectivity index (χ1) is 9.15. The minimum absolute atomic E-state index is 0.143. The fraction of sp³-hybridized carbons (Fsp3) is 0.133. The molecule has 98 valence electrons. The second kappa shape index (κ2) is 6.00. The van der Waals surface area contributed by atoms with Crippen LogP contribution in [0.25, 0.3) is 0 Å². The third kappa shape index (κ3) is 3.81. The van der Waals surface area contributed by atoms with Crippen molar-refractivity contribution >= 4 is 17.3 Å². The van der Waals surface area contributed by atoms with E-state index in [-0.39, 0.29) is 11.7 Å². The van der Waals surface area contributed by atoms with E-state index in [1.54, 1.807) is 19.1 Å². The van der Waals surface area contributed by atoms with Crippen LogP contribution in [0.2, 0.25) is 0 Å². The summed E-state index contributed by atoms with van der Waals surface area (Å²) in [5.41, 5.74) is 1.46. The van der Waals surface area contributed by atoms with Crippen molar-refractivity contribution in [2.24, 2.45) is 0 Å². The Morgan fingerprint density at radius 2 is 1.63 bits per heavy atom. The zero-order valence-electron chi connectivity index (χ0n) is 10.6. The van der Waals surface area contributed by atoms with Crippen LogP contribution in [0.15, 0.2) is 54.6 Å². The summed E-state index contributed by atoms with van der Waals surface area (Å²) >= 11 is 0. The Balaban J connectivity index is 1.94. The Kier molecular flexibility index (Phi) is 4.13. The van der Waals surface area contributed by atoms with Gasteiger partial charge < -0.3 is 10.6 Å². The molecule has 4 heteroatoms. The molecule has 0 saturated heterocycles. The lowest BCUT2D eigenvalue weighted by atomic mass is 10.2. The number of para-hydroxylation sites is 1. The van der Waals surface area contributed by atoms with Crippen LogP contribution in [-0.2, 0) is 4.79 Å². The standard InChI is InChI=1S/C15H15FN2O/c1-11(17-14-9-7-12(16)8-10-14)15(19)18-13-5-3-2-4-6-13/h2-11,17H,1H3,(H,18,19)/t11-/m0/s1. The molecule has 2 aromatic carbocycles. The van der Waals surface area contributed by atoms with E-state index < -0.39 is 6.04 Å². The molecular formula is C15H15FN2O. The number of hydrogen-bond donors (Lipinski definition) is 2. The SMILES string of the molecule is C[C@H](Nc1ccc(F)cc1)C(=O)Nc1ccccc1. The van der Waals surface area contributed by atoms with E-state index in [0.29, 0.717) is 5.69 Å². The highest BCUT2D eigenvalue weighted by Crippen LogP contribution is 2.11. The molecule has 0 aromatic heterocycles. The molecule has 19 heavy (non-hydrogen) atoms. The molecule has 0 unspecified atom stereocenters. The molecule has 0 fully saturated rings. The van der Waals surface area contributed by atoms with Crippen LogP contribution in [0.1, 0.15) is 6.92 Å². The number of halogens is 1. The molecule has 1 atom stereocenters. The van der Waals surface area contributed by atoms with Gasteiger partial charge in [0.15, 0.2) is 0 Å². The molecule has 0 aliphatic rings. The molecule has 0 spiro atoms. The number of benzene rings is 2. The summed E-state index contributed by atoms with van der Waals surface area (Å²) in [6, 6.07) is 14.7. The van der Waals surface area contributed by atoms with Crippen LogP contribution in [0.5, 0.6) is 0 Å². The number of hydrogen-bond acceptors (Lipinski definition) is 2. The van der Waals surface area contributed by atoms with Crippen molar-refractivity contribution in [3.8, 4) is 0 Å². The monoisotopic (exact) mass is 258 g/mol. The van der Waals surface area contributed by atoms with Gasteiger partial charge in [-0.2, -0.15) is 0 Å². The summed E-state index contributed by atoms with van der Waals surface area (Å²) < 4.78 is 12.8. The van der Waals surface area contributed by atoms with Crippen LogP contribution in [0.3, 0.4) is 0 Å². The Labute approximate surface area is 111 Å². The number of anilines is 2. The zero-order chi connectivity index (χ0) is 13.7. The molecule has 0 radical (unpaired) electrons. The van der Waals surface area contributed by atoms with Crippen molar-refractivity contribution in [3.63, 3.8) is 0 Å². The van der Waals surface area contributed by atoms with Gasteiger partial charge in [0.05, 0.1) is 0 Å². The summed E-state index contributed by atoms with van der Waals surface area (Å²) in [4.78, 5) is 11.9. The van der Waals surface area contributed by atoms with E-state index >= 15 is 0 Å². The average molecular weight is 258 g/mol. The average Bonchev–Trinajstić information content (AvgIpc) is 2.42. The number of rotatable bonds is 4. The fourth-order valence-electron chi connectivity index (χ4n) is 1.63. The summed E-state index contributed by atoms with van der Waals surface area (Å²) in [6.07, 6.45) is 0. The summed E-state index contributed by atoms with van der Waals surface area (Å²) in [5, 5.41) is 5.81. The maximum absolute atomic E-state index is 12.8. The molecular weight excluding hydrogens is 243 g/mol. The lowest BCUT2D eigenvalue weighted by Crippen LogP contribution is -2.31. The van der Waals surface area contributed by atoms with Crippen LogP contribution >= 0.6 is 0 Å². The number of nitrogens with one attached hydrogen (secondary N) is 2. The first-order valence-corrected chi connectivity index (χ1v) is 6.03. The predicted octanol–water partition coefficient (Wildman–Crippen LogP) is 3.26. The Morgan fingerprint density at radius 1 is 1.00 bits per heavy atom. The van der Waals surface area contributed by atoms with Crippen LogP contribution in [-0.4, -0.2) is 11.9 Å². The number of carbonyl (C=O) groups is 1. The maximum atomic E-state index is 12.8. The second-order valence-electron chi connectivity index (χ2n) is 4.23. The van der Waals surface area contributed by atoms with Gasteiger partial charge in [-0.3, -0.25) is 4.79 Å². The first kappa shape index (κ1) is 13.1. The van der Waals surface area contributed by atoms with Crippen molar-refractivity contribution < 1.29 is 9.18 Å². The molecule has 2 N–H and O–H groups in total. The summed E-state index contributed by atoms with van der Waals surface area (Å²) in [6.45, 7) is 1.75. The highest BCUT2D eigenvalue weighted by molar-refractivity contribution is 5.96. The third-order valence-electron chi connectivity index (χ3n) is 2.66. The molecule has 1 amide bonds. The van der Waals surface area contributed by atoms with Crippen LogP contribution < -0.4 is 10.6 Å². The van der Waals surface area contributed by atoms with Gasteiger partial charge in [-0.05, 0) is 43.3 Å². The van der Waals surface area contributed by atoms with Gasteiger partial charge in [-0.1, -0.05) is 18.2 Å². The van der Waals surface area contributed by atoms with Crippen molar-refractivity contribution in [2.45, 2.75) is 13.0 Å². The van der Waals surface area contributed by atoms with E-state index in [9.17, 15) is 9.18 Å². The van der Waals surface area contributed by atoms with Crippen molar-refractivity contribution in [2.75, 3.05) is 10.6 Å². The van der Waals surface area contributed by atoms with E-state index in [1.807, 2.05) is 30.3 Å². The quantitative estimate of drug-likeness (QED) is 0.883. The lowest BCUT2D eigenvalue weighted by Gasteiger charge is -2.15. The van der Waals surface area contributed by atoms with Crippen molar-refractivity contribution in [1.29, 1.82) is 0 Å². The largest absolute Gasteiger partial charge is 0.374 e. The number of amides is 1. The van der Waals surface area contributed by atoms with E-state index in [1.165, 1.54) is 12.1 Å². The molecule has 2 aromatic rings. The highest BCUT2D eigenvalue weighted by atomic mass is 19.1. The normalized spacial score (nSPS) is 11.7. The Hall–Kier alpha value is -2.36.